The Balaban J connectivity index is 1.01. The van der Waals surface area contributed by atoms with E-state index in [1.165, 1.54) is 25.9 Å². The number of likely N-dealkylation sites (tertiary alicyclic amines) is 3. The summed E-state index contributed by atoms with van der Waals surface area (Å²) in [7, 11) is 4.26. The summed E-state index contributed by atoms with van der Waals surface area (Å²) < 4.78 is 2.13. The van der Waals surface area contributed by atoms with Gasteiger partial charge in [0.15, 0.2) is 0 Å². The van der Waals surface area contributed by atoms with Gasteiger partial charge < -0.3 is 29.5 Å². The average molecular weight is 639 g/mol. The fourth-order valence-electron chi connectivity index (χ4n) is 8.73. The molecule has 0 bridgehead atoms. The van der Waals surface area contributed by atoms with E-state index in [4.69, 9.17) is 0 Å². The van der Waals surface area contributed by atoms with Crippen LogP contribution in [0.4, 0.5) is 10.5 Å². The molecule has 47 heavy (non-hydrogen) atoms. The highest BCUT2D eigenvalue weighted by Gasteiger charge is 2.36. The predicted molar refractivity (Wildman–Crippen MR) is 185 cm³/mol. The SMILES string of the molecule is CN1CCC(C2CCN(C(=O)[C@@H](CC(=O)N3CCC(N4Cc5ccccc5NC4=O)CC3)Cc3cn(C)c4ccccc34)CC2)CC1. The molecule has 9 nitrogen and oxygen atoms in total. The summed E-state index contributed by atoms with van der Waals surface area (Å²) in [6, 6.07) is 16.3. The first kappa shape index (κ1) is 31.7. The fourth-order valence-corrected chi connectivity index (χ4v) is 8.73. The van der Waals surface area contributed by atoms with Crippen molar-refractivity contribution < 1.29 is 14.4 Å². The van der Waals surface area contributed by atoms with Crippen molar-refractivity contribution in [3.63, 3.8) is 0 Å². The standard InChI is InChI=1S/C38H50N6O3/c1-40-17-11-27(12-18-40)28-13-19-43(20-14-28)37(46)30(23-31-25-41(2)35-10-6-4-8-33(31)35)24-36(45)42-21-15-32(16-22-42)44-26-29-7-3-5-9-34(29)39-38(44)47/h3-10,25,27-28,30,32H,11-24,26H2,1-2H3,(H,39,47)/t30-/m1/s1. The Hall–Kier alpha value is -3.85. The average Bonchev–Trinajstić information content (AvgIpc) is 3.42. The Labute approximate surface area is 278 Å². The normalized spacial score (nSPS) is 21.1. The number of para-hydroxylation sites is 2. The van der Waals surface area contributed by atoms with Crippen LogP contribution in [0.25, 0.3) is 10.9 Å². The molecule has 4 aliphatic heterocycles. The lowest BCUT2D eigenvalue weighted by Gasteiger charge is -2.41. The number of rotatable bonds is 7. The van der Waals surface area contributed by atoms with E-state index in [0.717, 1.165) is 72.4 Å². The smallest absolute Gasteiger partial charge is 0.322 e. The van der Waals surface area contributed by atoms with Gasteiger partial charge in [-0.15, -0.1) is 0 Å². The highest BCUT2D eigenvalue weighted by atomic mass is 16.2. The van der Waals surface area contributed by atoms with E-state index in [1.54, 1.807) is 0 Å². The zero-order valence-corrected chi connectivity index (χ0v) is 28.1. The minimum atomic E-state index is -0.393. The molecule has 0 saturated carbocycles. The van der Waals surface area contributed by atoms with Crippen LogP contribution in [0.2, 0.25) is 0 Å². The van der Waals surface area contributed by atoms with E-state index in [2.05, 4.69) is 51.1 Å². The van der Waals surface area contributed by atoms with Gasteiger partial charge in [0.05, 0.1) is 5.92 Å². The fraction of sp³-hybridized carbons (Fsp3) is 0.553. The number of hydrogen-bond acceptors (Lipinski definition) is 4. The van der Waals surface area contributed by atoms with Crippen molar-refractivity contribution in [1.29, 1.82) is 0 Å². The van der Waals surface area contributed by atoms with Gasteiger partial charge in [-0.3, -0.25) is 9.59 Å². The molecule has 3 fully saturated rings. The quantitative estimate of drug-likeness (QED) is 0.379. The Morgan fingerprint density at radius 2 is 1.45 bits per heavy atom. The molecular formula is C38H50N6O3. The summed E-state index contributed by atoms with van der Waals surface area (Å²) in [6.07, 6.45) is 9.06. The zero-order chi connectivity index (χ0) is 32.5. The first-order valence-corrected chi connectivity index (χ1v) is 17.8. The van der Waals surface area contributed by atoms with Gasteiger partial charge in [-0.1, -0.05) is 36.4 Å². The minimum absolute atomic E-state index is 0.0525. The monoisotopic (exact) mass is 638 g/mol. The minimum Gasteiger partial charge on any atom is -0.350 e. The van der Waals surface area contributed by atoms with Crippen molar-refractivity contribution in [3.8, 4) is 0 Å². The second kappa shape index (κ2) is 13.7. The lowest BCUT2D eigenvalue weighted by Crippen LogP contribution is -2.51. The van der Waals surface area contributed by atoms with Crippen LogP contribution in [0.5, 0.6) is 0 Å². The van der Waals surface area contributed by atoms with Crippen molar-refractivity contribution in [1.82, 2.24) is 24.2 Å². The summed E-state index contributed by atoms with van der Waals surface area (Å²) in [4.78, 5) is 49.4. The number of fused-ring (bicyclic) bond motifs is 2. The summed E-state index contributed by atoms with van der Waals surface area (Å²) in [5, 5.41) is 4.19. The Kier molecular flexibility index (Phi) is 9.26. The summed E-state index contributed by atoms with van der Waals surface area (Å²) in [5.74, 6) is 1.26. The highest BCUT2D eigenvalue weighted by molar-refractivity contribution is 5.92. The zero-order valence-electron chi connectivity index (χ0n) is 28.1. The van der Waals surface area contributed by atoms with E-state index in [9.17, 15) is 14.4 Å². The van der Waals surface area contributed by atoms with Crippen LogP contribution in [-0.4, -0.2) is 94.4 Å². The number of carbonyl (C=O) groups excluding carboxylic acids is 3. The molecule has 3 aromatic rings. The van der Waals surface area contributed by atoms with Gasteiger partial charge in [0.25, 0.3) is 0 Å². The van der Waals surface area contributed by atoms with Crippen LogP contribution in [0.1, 0.15) is 56.1 Å². The largest absolute Gasteiger partial charge is 0.350 e. The van der Waals surface area contributed by atoms with Crippen molar-refractivity contribution in [2.75, 3.05) is 51.6 Å². The molecule has 0 unspecified atom stereocenters. The first-order valence-electron chi connectivity index (χ1n) is 17.8. The number of amides is 4. The van der Waals surface area contributed by atoms with Crippen molar-refractivity contribution in [3.05, 3.63) is 65.9 Å². The number of nitrogens with one attached hydrogen (secondary N) is 1. The Bertz CT molecular complexity index is 1590. The number of hydrogen-bond donors (Lipinski definition) is 1. The number of aryl methyl sites for hydroxylation is 1. The van der Waals surface area contributed by atoms with Gasteiger partial charge in [-0.25, -0.2) is 4.79 Å². The number of benzene rings is 2. The molecule has 4 amide bonds. The topological polar surface area (TPSA) is 81.1 Å². The van der Waals surface area contributed by atoms with Gasteiger partial charge >= 0.3 is 6.03 Å². The molecule has 1 N–H and O–H groups in total. The summed E-state index contributed by atoms with van der Waals surface area (Å²) in [6.45, 7) is 5.74. The maximum atomic E-state index is 14.3. The third-order valence-corrected chi connectivity index (χ3v) is 11.6. The van der Waals surface area contributed by atoms with Crippen LogP contribution in [0.3, 0.4) is 0 Å². The molecule has 1 atom stereocenters. The number of aromatic nitrogens is 1. The second-order valence-electron chi connectivity index (χ2n) is 14.5. The number of nitrogens with zero attached hydrogens (tertiary/aromatic N) is 5. The van der Waals surface area contributed by atoms with Crippen molar-refractivity contribution in [2.24, 2.45) is 24.8 Å². The lowest BCUT2D eigenvalue weighted by atomic mass is 9.78. The second-order valence-corrected chi connectivity index (χ2v) is 14.5. The molecule has 0 radical (unpaired) electrons. The van der Waals surface area contributed by atoms with Gasteiger partial charge in [-0.05, 0) is 100 Å². The first-order chi connectivity index (χ1) is 22.8. The molecule has 250 valence electrons. The Morgan fingerprint density at radius 3 is 2.19 bits per heavy atom. The van der Waals surface area contributed by atoms with Crippen LogP contribution >= 0.6 is 0 Å². The maximum absolute atomic E-state index is 14.3. The van der Waals surface area contributed by atoms with Crippen LogP contribution in [-0.2, 0) is 29.6 Å². The molecule has 0 aliphatic carbocycles. The number of anilines is 1. The van der Waals surface area contributed by atoms with Crippen LogP contribution in [0.15, 0.2) is 54.7 Å². The van der Waals surface area contributed by atoms with Crippen molar-refractivity contribution >= 4 is 34.4 Å². The summed E-state index contributed by atoms with van der Waals surface area (Å²) in [5.41, 5.74) is 4.28. The van der Waals surface area contributed by atoms with Crippen LogP contribution in [0, 0.1) is 17.8 Å². The molecule has 9 heteroatoms. The van der Waals surface area contributed by atoms with E-state index in [1.807, 2.05) is 47.2 Å². The van der Waals surface area contributed by atoms with Gasteiger partial charge in [0, 0.05) is 75.0 Å². The van der Waals surface area contributed by atoms with Crippen LogP contribution < -0.4 is 5.32 Å². The van der Waals surface area contributed by atoms with Gasteiger partial charge in [0.1, 0.15) is 0 Å². The predicted octanol–water partition coefficient (Wildman–Crippen LogP) is 5.35. The molecular weight excluding hydrogens is 588 g/mol. The van der Waals surface area contributed by atoms with Gasteiger partial charge in [0.2, 0.25) is 11.8 Å². The third kappa shape index (κ3) is 6.77. The lowest BCUT2D eigenvalue weighted by molar-refractivity contribution is -0.143. The molecule has 7 rings (SSSR count). The molecule has 2 aromatic carbocycles. The molecule has 1 aromatic heterocycles. The number of carbonyl (C=O) groups is 3. The molecule has 0 spiro atoms. The van der Waals surface area contributed by atoms with E-state index >= 15 is 0 Å². The van der Waals surface area contributed by atoms with E-state index in [0.29, 0.717) is 32.0 Å². The molecule has 4 aliphatic rings. The van der Waals surface area contributed by atoms with E-state index < -0.39 is 5.92 Å². The Morgan fingerprint density at radius 1 is 0.809 bits per heavy atom. The number of piperidine rings is 3. The third-order valence-electron chi connectivity index (χ3n) is 11.6. The molecule has 3 saturated heterocycles. The summed E-state index contributed by atoms with van der Waals surface area (Å²) >= 11 is 0. The van der Waals surface area contributed by atoms with Crippen molar-refractivity contribution in [2.45, 2.75) is 64.0 Å². The van der Waals surface area contributed by atoms with E-state index in [-0.39, 0.29) is 30.3 Å². The molecule has 5 heterocycles. The maximum Gasteiger partial charge on any atom is 0.322 e. The van der Waals surface area contributed by atoms with Gasteiger partial charge in [-0.2, -0.15) is 0 Å². The highest BCUT2D eigenvalue weighted by Crippen LogP contribution is 2.34. The number of urea groups is 1.